The number of fused-ring (bicyclic) bond motifs is 2. The second-order valence-electron chi connectivity index (χ2n) is 4.08. The van der Waals surface area contributed by atoms with Crippen molar-refractivity contribution >= 4 is 16.7 Å². The summed E-state index contributed by atoms with van der Waals surface area (Å²) in [5.74, 6) is 0. The molecule has 0 saturated heterocycles. The summed E-state index contributed by atoms with van der Waals surface area (Å²) in [4.78, 5) is 11.7. The summed E-state index contributed by atoms with van der Waals surface area (Å²) < 4.78 is 1.75. The smallest absolute Gasteiger partial charge is 0.155 e. The molecule has 4 heterocycles. The van der Waals surface area contributed by atoms with E-state index in [-0.39, 0.29) is 0 Å². The fraction of sp³-hybridized carbons (Fsp3) is 0. The first-order valence-corrected chi connectivity index (χ1v) is 5.64. The number of rotatable bonds is 1. The topological polar surface area (TPSA) is 58.9 Å². The normalized spacial score (nSPS) is 11.3. The lowest BCUT2D eigenvalue weighted by atomic mass is 10.1. The molecule has 5 heteroatoms. The number of nitrogens with zero attached hydrogens (tertiary/aromatic N) is 4. The van der Waals surface area contributed by atoms with Crippen LogP contribution in [0.25, 0.3) is 27.8 Å². The molecule has 0 aliphatic heterocycles. The average molecular weight is 235 g/mol. The van der Waals surface area contributed by atoms with E-state index in [2.05, 4.69) is 26.1 Å². The third kappa shape index (κ3) is 1.24. The zero-order chi connectivity index (χ0) is 11.9. The first-order chi connectivity index (χ1) is 8.92. The highest BCUT2D eigenvalue weighted by atomic mass is 15.3. The molecule has 4 aromatic heterocycles. The quantitative estimate of drug-likeness (QED) is 0.550. The second kappa shape index (κ2) is 3.40. The highest BCUT2D eigenvalue weighted by Crippen LogP contribution is 2.27. The molecule has 0 bridgehead atoms. The molecule has 5 nitrogen and oxygen atoms in total. The second-order valence-corrected chi connectivity index (χ2v) is 4.08. The summed E-state index contributed by atoms with van der Waals surface area (Å²) in [5, 5.41) is 5.20. The van der Waals surface area contributed by atoms with Gasteiger partial charge in [0.05, 0.1) is 0 Å². The van der Waals surface area contributed by atoms with E-state index < -0.39 is 0 Å². The number of pyridine rings is 2. The average Bonchev–Trinajstić information content (AvgIpc) is 3.04. The molecule has 1 N–H and O–H groups in total. The van der Waals surface area contributed by atoms with E-state index in [9.17, 15) is 0 Å². The van der Waals surface area contributed by atoms with Gasteiger partial charge in [-0.25, -0.2) is 14.5 Å². The molecule has 0 unspecified atom stereocenters. The molecule has 0 aliphatic carbocycles. The van der Waals surface area contributed by atoms with Gasteiger partial charge in [0.15, 0.2) is 5.65 Å². The lowest BCUT2D eigenvalue weighted by Crippen LogP contribution is -1.86. The molecule has 0 atom stereocenters. The minimum atomic E-state index is 0.839. The number of H-pyrrole nitrogens is 1. The zero-order valence-corrected chi connectivity index (χ0v) is 9.41. The van der Waals surface area contributed by atoms with Gasteiger partial charge in [-0.2, -0.15) is 5.10 Å². The summed E-state index contributed by atoms with van der Waals surface area (Å²) in [7, 11) is 0. The maximum atomic E-state index is 4.29. The van der Waals surface area contributed by atoms with Crippen LogP contribution in [0.1, 0.15) is 0 Å². The number of hydrogen-bond donors (Lipinski definition) is 1. The van der Waals surface area contributed by atoms with Gasteiger partial charge in [0.1, 0.15) is 12.0 Å². The van der Waals surface area contributed by atoms with Gasteiger partial charge >= 0.3 is 0 Å². The maximum absolute atomic E-state index is 4.29. The van der Waals surface area contributed by atoms with Crippen molar-refractivity contribution in [2.24, 2.45) is 0 Å². The van der Waals surface area contributed by atoms with Gasteiger partial charge in [-0.3, -0.25) is 0 Å². The van der Waals surface area contributed by atoms with Crippen LogP contribution in [0.4, 0.5) is 0 Å². The Bertz CT molecular complexity index is 842. The van der Waals surface area contributed by atoms with Crippen molar-refractivity contribution < 1.29 is 0 Å². The van der Waals surface area contributed by atoms with Crippen LogP contribution in [0.5, 0.6) is 0 Å². The number of aromatic nitrogens is 5. The first kappa shape index (κ1) is 9.35. The van der Waals surface area contributed by atoms with E-state index in [1.54, 1.807) is 17.0 Å². The monoisotopic (exact) mass is 235 g/mol. The number of aromatic amines is 1. The van der Waals surface area contributed by atoms with Crippen LogP contribution in [0.2, 0.25) is 0 Å². The third-order valence-electron chi connectivity index (χ3n) is 3.04. The maximum Gasteiger partial charge on any atom is 0.155 e. The van der Waals surface area contributed by atoms with Crippen LogP contribution in [0.3, 0.4) is 0 Å². The molecule has 0 spiro atoms. The largest absolute Gasteiger partial charge is 0.346 e. The lowest BCUT2D eigenvalue weighted by molar-refractivity contribution is 0.962. The van der Waals surface area contributed by atoms with Gasteiger partial charge < -0.3 is 4.98 Å². The molecule has 4 rings (SSSR count). The fourth-order valence-corrected chi connectivity index (χ4v) is 2.18. The predicted octanol–water partition coefficient (Wildman–Crippen LogP) is 2.27. The molecule has 0 aromatic carbocycles. The van der Waals surface area contributed by atoms with Gasteiger partial charge in [0, 0.05) is 29.5 Å². The minimum Gasteiger partial charge on any atom is -0.346 e. The van der Waals surface area contributed by atoms with E-state index in [1.165, 1.54) is 0 Å². The van der Waals surface area contributed by atoms with Gasteiger partial charge in [0.2, 0.25) is 0 Å². The Kier molecular flexibility index (Phi) is 1.77. The molecule has 18 heavy (non-hydrogen) atoms. The standard InChI is InChI=1S/C13H9N5/c1-2-10-11(7-15-13(10)14-4-1)9-3-5-18-12(6-9)16-8-17-18/h1-8H,(H,14,15). The van der Waals surface area contributed by atoms with Crippen LogP contribution in [-0.2, 0) is 0 Å². The van der Waals surface area contributed by atoms with E-state index in [0.717, 1.165) is 27.8 Å². The van der Waals surface area contributed by atoms with Crippen molar-refractivity contribution in [3.05, 3.63) is 49.2 Å². The van der Waals surface area contributed by atoms with Crippen LogP contribution in [0.15, 0.2) is 49.2 Å². The van der Waals surface area contributed by atoms with Crippen LogP contribution in [-0.4, -0.2) is 24.6 Å². The Hall–Kier alpha value is -2.69. The molecule has 0 aliphatic rings. The number of hydrogen-bond acceptors (Lipinski definition) is 3. The van der Waals surface area contributed by atoms with E-state index in [1.807, 2.05) is 30.6 Å². The third-order valence-corrected chi connectivity index (χ3v) is 3.04. The van der Waals surface area contributed by atoms with E-state index in [4.69, 9.17) is 0 Å². The molecule has 0 saturated carbocycles. The molecular weight excluding hydrogens is 226 g/mol. The first-order valence-electron chi connectivity index (χ1n) is 5.64. The Morgan fingerprint density at radius 1 is 1.17 bits per heavy atom. The summed E-state index contributed by atoms with van der Waals surface area (Å²) in [5.41, 5.74) is 3.97. The van der Waals surface area contributed by atoms with Gasteiger partial charge in [-0.15, -0.1) is 0 Å². The summed E-state index contributed by atoms with van der Waals surface area (Å²) in [6.45, 7) is 0. The Morgan fingerprint density at radius 3 is 3.17 bits per heavy atom. The number of nitrogens with one attached hydrogen (secondary N) is 1. The predicted molar refractivity (Wildman–Crippen MR) is 68.1 cm³/mol. The van der Waals surface area contributed by atoms with Crippen molar-refractivity contribution in [3.63, 3.8) is 0 Å². The van der Waals surface area contributed by atoms with Gasteiger partial charge in [-0.05, 0) is 29.8 Å². The zero-order valence-electron chi connectivity index (χ0n) is 9.41. The van der Waals surface area contributed by atoms with Crippen LogP contribution in [0, 0.1) is 0 Å². The Morgan fingerprint density at radius 2 is 2.17 bits per heavy atom. The molecule has 0 fully saturated rings. The summed E-state index contributed by atoms with van der Waals surface area (Å²) in [6.07, 6.45) is 7.22. The Labute approximate surface area is 102 Å². The molecule has 0 radical (unpaired) electrons. The van der Waals surface area contributed by atoms with Crippen LogP contribution < -0.4 is 0 Å². The van der Waals surface area contributed by atoms with Crippen LogP contribution >= 0.6 is 0 Å². The lowest BCUT2D eigenvalue weighted by Gasteiger charge is -1.99. The SMILES string of the molecule is c1cnc2[nH]cc(-c3ccn4ncnc4c3)c2c1. The summed E-state index contributed by atoms with van der Waals surface area (Å²) >= 11 is 0. The van der Waals surface area contributed by atoms with Crippen molar-refractivity contribution in [3.8, 4) is 11.1 Å². The molecular formula is C13H9N5. The highest BCUT2D eigenvalue weighted by molar-refractivity contribution is 5.93. The van der Waals surface area contributed by atoms with E-state index >= 15 is 0 Å². The molecule has 0 amide bonds. The fourth-order valence-electron chi connectivity index (χ4n) is 2.18. The Balaban J connectivity index is 2.00. The molecule has 4 aromatic rings. The van der Waals surface area contributed by atoms with Crippen molar-refractivity contribution in [1.82, 2.24) is 24.6 Å². The van der Waals surface area contributed by atoms with Gasteiger partial charge in [-0.1, -0.05) is 0 Å². The van der Waals surface area contributed by atoms with Crippen molar-refractivity contribution in [2.75, 3.05) is 0 Å². The van der Waals surface area contributed by atoms with Crippen molar-refractivity contribution in [1.29, 1.82) is 0 Å². The summed E-state index contributed by atoms with van der Waals surface area (Å²) in [6, 6.07) is 8.04. The highest BCUT2D eigenvalue weighted by Gasteiger charge is 2.07. The van der Waals surface area contributed by atoms with Gasteiger partial charge in [0.25, 0.3) is 0 Å². The molecule has 86 valence electrons. The minimum absolute atomic E-state index is 0.839. The van der Waals surface area contributed by atoms with E-state index in [0.29, 0.717) is 0 Å². The van der Waals surface area contributed by atoms with Crippen molar-refractivity contribution in [2.45, 2.75) is 0 Å².